The predicted molar refractivity (Wildman–Crippen MR) is 99.1 cm³/mol. The van der Waals surface area contributed by atoms with E-state index < -0.39 is 0 Å². The normalized spacial score (nSPS) is 11.4. The number of nitrogens with zero attached hydrogens (tertiary/aromatic N) is 3. The molecule has 0 spiro atoms. The molecule has 5 rings (SSSR count). The molecule has 0 bridgehead atoms. The van der Waals surface area contributed by atoms with Gasteiger partial charge in [-0.1, -0.05) is 30.3 Å². The molecule has 120 valence electrons. The first-order chi connectivity index (χ1) is 12.3. The lowest BCUT2D eigenvalue weighted by Crippen LogP contribution is -1.91. The van der Waals surface area contributed by atoms with Gasteiger partial charge in [0.25, 0.3) is 0 Å². The van der Waals surface area contributed by atoms with Crippen molar-refractivity contribution in [3.05, 3.63) is 66.7 Å². The van der Waals surface area contributed by atoms with Gasteiger partial charge < -0.3 is 4.98 Å². The zero-order valence-corrected chi connectivity index (χ0v) is 13.6. The van der Waals surface area contributed by atoms with Crippen molar-refractivity contribution in [2.24, 2.45) is 0 Å². The van der Waals surface area contributed by atoms with Crippen LogP contribution in [0.15, 0.2) is 61.1 Å². The Morgan fingerprint density at radius 1 is 0.920 bits per heavy atom. The molecule has 0 fully saturated rings. The molecule has 0 amide bonds. The van der Waals surface area contributed by atoms with E-state index >= 15 is 0 Å². The number of H-pyrrole nitrogens is 2. The Hall–Kier alpha value is -3.47. The van der Waals surface area contributed by atoms with Crippen molar-refractivity contribution in [1.82, 2.24) is 25.1 Å². The van der Waals surface area contributed by atoms with Crippen LogP contribution in [0.25, 0.3) is 44.3 Å². The minimum absolute atomic E-state index is 0.908. The van der Waals surface area contributed by atoms with E-state index in [1.807, 2.05) is 25.3 Å². The minimum Gasteiger partial charge on any atom is -0.354 e. The van der Waals surface area contributed by atoms with Gasteiger partial charge in [0.2, 0.25) is 0 Å². The van der Waals surface area contributed by atoms with Gasteiger partial charge in [-0.3, -0.25) is 5.10 Å². The third-order valence-corrected chi connectivity index (χ3v) is 4.57. The van der Waals surface area contributed by atoms with E-state index in [0.29, 0.717) is 0 Å². The molecule has 0 saturated carbocycles. The number of aromatic amines is 2. The van der Waals surface area contributed by atoms with Crippen molar-refractivity contribution in [3.8, 4) is 22.4 Å². The number of imidazole rings is 1. The number of rotatable bonds is 2. The summed E-state index contributed by atoms with van der Waals surface area (Å²) in [4.78, 5) is 12.4. The highest BCUT2D eigenvalue weighted by atomic mass is 15.1. The zero-order chi connectivity index (χ0) is 16.8. The van der Waals surface area contributed by atoms with Crippen LogP contribution in [-0.2, 0) is 0 Å². The topological polar surface area (TPSA) is 70.2 Å². The van der Waals surface area contributed by atoms with Gasteiger partial charge >= 0.3 is 0 Å². The maximum Gasteiger partial charge on any atom is 0.116 e. The fourth-order valence-electron chi connectivity index (χ4n) is 3.35. The van der Waals surface area contributed by atoms with Crippen LogP contribution in [0.2, 0.25) is 0 Å². The van der Waals surface area contributed by atoms with Crippen LogP contribution >= 0.6 is 0 Å². The summed E-state index contributed by atoms with van der Waals surface area (Å²) >= 11 is 0. The molecule has 3 heterocycles. The molecule has 2 aromatic carbocycles. The molecule has 25 heavy (non-hydrogen) atoms. The number of pyridine rings is 1. The maximum absolute atomic E-state index is 4.49. The largest absolute Gasteiger partial charge is 0.354 e. The van der Waals surface area contributed by atoms with Crippen molar-refractivity contribution >= 4 is 21.9 Å². The highest BCUT2D eigenvalue weighted by Crippen LogP contribution is 2.35. The van der Waals surface area contributed by atoms with E-state index in [4.69, 9.17) is 0 Å². The smallest absolute Gasteiger partial charge is 0.116 e. The third kappa shape index (κ3) is 2.13. The summed E-state index contributed by atoms with van der Waals surface area (Å²) in [5, 5.41) is 8.25. The second-order valence-electron chi connectivity index (χ2n) is 6.10. The van der Waals surface area contributed by atoms with Crippen molar-refractivity contribution in [2.75, 3.05) is 0 Å². The van der Waals surface area contributed by atoms with Crippen LogP contribution in [0.5, 0.6) is 0 Å². The molecule has 0 aliphatic rings. The first-order valence-corrected chi connectivity index (χ1v) is 8.13. The van der Waals surface area contributed by atoms with Crippen LogP contribution in [-0.4, -0.2) is 25.1 Å². The molecule has 3 aromatic heterocycles. The number of benzene rings is 2. The first kappa shape index (κ1) is 13.9. The van der Waals surface area contributed by atoms with E-state index in [9.17, 15) is 0 Å². The molecule has 2 N–H and O–H groups in total. The van der Waals surface area contributed by atoms with E-state index in [0.717, 1.165) is 50.0 Å². The minimum atomic E-state index is 0.908. The molecule has 5 nitrogen and oxygen atoms in total. The van der Waals surface area contributed by atoms with Crippen LogP contribution in [0, 0.1) is 6.92 Å². The SMILES string of the molecule is Cc1[nH]ncc1-c1cc(-c2ccccc2)c2c(ccc3ncnc32)[nH]1. The van der Waals surface area contributed by atoms with Crippen molar-refractivity contribution in [1.29, 1.82) is 0 Å². The summed E-state index contributed by atoms with van der Waals surface area (Å²) in [6.45, 7) is 2.02. The predicted octanol–water partition coefficient (Wildman–Crippen LogP) is 4.48. The lowest BCUT2D eigenvalue weighted by atomic mass is 9.97. The first-order valence-electron chi connectivity index (χ1n) is 8.13. The maximum atomic E-state index is 4.49. The summed E-state index contributed by atoms with van der Waals surface area (Å²) in [5.41, 5.74) is 8.27. The van der Waals surface area contributed by atoms with E-state index in [-0.39, 0.29) is 0 Å². The Morgan fingerprint density at radius 3 is 2.60 bits per heavy atom. The Bertz CT molecular complexity index is 1200. The Kier molecular flexibility index (Phi) is 2.94. The number of aryl methyl sites for hydroxylation is 1. The second-order valence-corrected chi connectivity index (χ2v) is 6.10. The molecule has 0 aliphatic heterocycles. The molecule has 0 radical (unpaired) electrons. The summed E-state index contributed by atoms with van der Waals surface area (Å²) < 4.78 is 0. The third-order valence-electron chi connectivity index (χ3n) is 4.57. The summed E-state index contributed by atoms with van der Waals surface area (Å²) in [5.74, 6) is 0. The molecule has 0 aliphatic carbocycles. The Labute approximate surface area is 143 Å². The molecular formula is C20H15N5. The van der Waals surface area contributed by atoms with Gasteiger partial charge in [0.05, 0.1) is 11.7 Å². The Morgan fingerprint density at radius 2 is 1.80 bits per heavy atom. The average molecular weight is 325 g/mol. The molecule has 0 unspecified atom stereocenters. The molecule has 0 saturated heterocycles. The van der Waals surface area contributed by atoms with Gasteiger partial charge in [0.15, 0.2) is 0 Å². The quantitative estimate of drug-likeness (QED) is 0.503. The van der Waals surface area contributed by atoms with Crippen LogP contribution in [0.1, 0.15) is 5.69 Å². The van der Waals surface area contributed by atoms with Crippen LogP contribution in [0.3, 0.4) is 0 Å². The van der Waals surface area contributed by atoms with Crippen molar-refractivity contribution in [3.63, 3.8) is 0 Å². The number of nitrogens with one attached hydrogen (secondary N) is 2. The number of hydrogen-bond acceptors (Lipinski definition) is 3. The average Bonchev–Trinajstić information content (AvgIpc) is 3.30. The van der Waals surface area contributed by atoms with Gasteiger partial charge in [-0.15, -0.1) is 0 Å². The fourth-order valence-corrected chi connectivity index (χ4v) is 3.35. The van der Waals surface area contributed by atoms with Gasteiger partial charge in [0, 0.05) is 27.9 Å². The molecular weight excluding hydrogens is 310 g/mol. The zero-order valence-electron chi connectivity index (χ0n) is 13.6. The van der Waals surface area contributed by atoms with Gasteiger partial charge in [0.1, 0.15) is 11.8 Å². The second kappa shape index (κ2) is 5.27. The highest BCUT2D eigenvalue weighted by molar-refractivity contribution is 6.11. The van der Waals surface area contributed by atoms with E-state index in [1.54, 1.807) is 6.33 Å². The fraction of sp³-hybridized carbons (Fsp3) is 0.0500. The standard InChI is InChI=1S/C20H15N5/c1-12-15(10-23-25-12)18-9-14(13-5-3-2-4-6-13)19-16(24-18)7-8-17-20(19)22-11-21-17/h2-11,24H,1H3,(H,23,25). The van der Waals surface area contributed by atoms with Gasteiger partial charge in [-0.05, 0) is 36.2 Å². The molecule has 5 heteroatoms. The molecule has 5 aromatic rings. The van der Waals surface area contributed by atoms with E-state index in [2.05, 4.69) is 61.5 Å². The summed E-state index contributed by atoms with van der Waals surface area (Å²) in [6.07, 6.45) is 3.47. The number of fused-ring (bicyclic) bond motifs is 3. The van der Waals surface area contributed by atoms with Crippen LogP contribution < -0.4 is 0 Å². The monoisotopic (exact) mass is 325 g/mol. The number of aromatic nitrogens is 5. The van der Waals surface area contributed by atoms with Gasteiger partial charge in [-0.2, -0.15) is 5.10 Å². The summed E-state index contributed by atoms with van der Waals surface area (Å²) in [7, 11) is 0. The lowest BCUT2D eigenvalue weighted by molar-refractivity contribution is 1.05. The lowest BCUT2D eigenvalue weighted by Gasteiger charge is -2.12. The molecule has 0 atom stereocenters. The highest BCUT2D eigenvalue weighted by Gasteiger charge is 2.14. The van der Waals surface area contributed by atoms with E-state index in [1.165, 1.54) is 0 Å². The summed E-state index contributed by atoms with van der Waals surface area (Å²) in [6, 6.07) is 16.6. The number of hydrogen-bond donors (Lipinski definition) is 2. The Balaban J connectivity index is 1.92. The van der Waals surface area contributed by atoms with Crippen LogP contribution in [0.4, 0.5) is 0 Å². The van der Waals surface area contributed by atoms with Gasteiger partial charge in [-0.25, -0.2) is 9.97 Å². The van der Waals surface area contributed by atoms with Crippen molar-refractivity contribution < 1.29 is 0 Å². The van der Waals surface area contributed by atoms with Crippen molar-refractivity contribution in [2.45, 2.75) is 6.92 Å².